The second kappa shape index (κ2) is 16.9. The van der Waals surface area contributed by atoms with Crippen LogP contribution in [-0.2, 0) is 28.4 Å². The predicted octanol–water partition coefficient (Wildman–Crippen LogP) is 6.36. The number of piperidine rings is 2. The van der Waals surface area contributed by atoms with E-state index in [0.29, 0.717) is 35.1 Å². The zero-order chi connectivity index (χ0) is 44.1. The third-order valence-corrected chi connectivity index (χ3v) is 13.0. The highest BCUT2D eigenvalue weighted by Crippen LogP contribution is 2.40. The van der Waals surface area contributed by atoms with E-state index in [0.717, 1.165) is 93.0 Å². The molecular formula is C45H51F3N8O6. The van der Waals surface area contributed by atoms with Crippen molar-refractivity contribution in [2.75, 3.05) is 36.8 Å². The van der Waals surface area contributed by atoms with Crippen LogP contribution >= 0.6 is 0 Å². The second-order valence-electron chi connectivity index (χ2n) is 17.7. The maximum absolute atomic E-state index is 13.5. The standard InChI is InChI=1S/C45H51F3N8O6/c1-44(2,62)29-22-33-35(23-32(29)52-40(58)31-8-5-9-36(50-31)45(46,47)48)54(3)39(51-33)27-12-10-26(11-13-27)24-55-20-17-25(18-21-55)16-19-49-30-7-4-6-28-38(30)43(61)56(42(28)60)34-14-15-37(57)53-41(34)59/h4-9,22-23,25-27,34,49,62H,10-21,24H2,1-3H3,(H,52,58)(H,53,57,59)/t26-,27-,34?. The highest BCUT2D eigenvalue weighted by Gasteiger charge is 2.45. The Bertz CT molecular complexity index is 2430. The van der Waals surface area contributed by atoms with Crippen molar-refractivity contribution in [2.45, 2.75) is 95.4 Å². The first-order valence-corrected chi connectivity index (χ1v) is 21.4. The van der Waals surface area contributed by atoms with Gasteiger partial charge >= 0.3 is 6.18 Å². The fourth-order valence-electron chi connectivity index (χ4n) is 9.64. The SMILES string of the molecule is Cn1c2cc(NC(=O)c3cccc(C(F)(F)F)n3)c(C(C)(C)O)cc2nc1[C@H]1CC[C@H](CN2CCC(CCNc3cccc4c3C(=O)N(C3CCC(=O)NC3=O)C4=O)CC2)CC1. The molecule has 4 aliphatic rings. The van der Waals surface area contributed by atoms with E-state index in [2.05, 4.69) is 25.8 Å². The molecular weight excluding hydrogens is 806 g/mol. The van der Waals surface area contributed by atoms with Crippen LogP contribution in [-0.4, -0.2) is 91.2 Å². The number of likely N-dealkylation sites (tertiary alicyclic amines) is 1. The first-order valence-electron chi connectivity index (χ1n) is 21.4. The number of nitrogens with one attached hydrogen (secondary N) is 3. The van der Waals surface area contributed by atoms with Crippen molar-refractivity contribution in [1.82, 2.24) is 29.7 Å². The number of benzene rings is 2. The molecule has 5 heterocycles. The summed E-state index contributed by atoms with van der Waals surface area (Å²) in [4.78, 5) is 76.0. The monoisotopic (exact) mass is 856 g/mol. The fourth-order valence-corrected chi connectivity index (χ4v) is 9.64. The van der Waals surface area contributed by atoms with Crippen LogP contribution in [0.15, 0.2) is 48.5 Å². The van der Waals surface area contributed by atoms with Gasteiger partial charge in [-0.1, -0.05) is 12.1 Å². The Morgan fingerprint density at radius 3 is 2.31 bits per heavy atom. The Morgan fingerprint density at radius 1 is 0.887 bits per heavy atom. The molecule has 14 nitrogen and oxygen atoms in total. The lowest BCUT2D eigenvalue weighted by Crippen LogP contribution is -2.54. The molecule has 1 aliphatic carbocycles. The number of hydrogen-bond donors (Lipinski definition) is 4. The summed E-state index contributed by atoms with van der Waals surface area (Å²) in [5.41, 5.74) is 0.188. The van der Waals surface area contributed by atoms with Crippen LogP contribution in [0.4, 0.5) is 24.5 Å². The van der Waals surface area contributed by atoms with Crippen molar-refractivity contribution in [3.8, 4) is 0 Å². The first kappa shape index (κ1) is 43.0. The molecule has 2 aromatic heterocycles. The largest absolute Gasteiger partial charge is 0.433 e. The van der Waals surface area contributed by atoms with Gasteiger partial charge in [-0.3, -0.25) is 34.2 Å². The number of alkyl halides is 3. The van der Waals surface area contributed by atoms with Gasteiger partial charge in [-0.05, 0) is 127 Å². The highest BCUT2D eigenvalue weighted by atomic mass is 19.4. The third-order valence-electron chi connectivity index (χ3n) is 13.0. The van der Waals surface area contributed by atoms with E-state index in [1.54, 1.807) is 44.2 Å². The number of imide groups is 2. The number of aliphatic hydroxyl groups is 1. The number of hydrogen-bond acceptors (Lipinski definition) is 10. The third kappa shape index (κ3) is 8.69. The van der Waals surface area contributed by atoms with Gasteiger partial charge in [0.15, 0.2) is 0 Å². The number of pyridine rings is 1. The van der Waals surface area contributed by atoms with Gasteiger partial charge in [0.05, 0.1) is 27.8 Å². The van der Waals surface area contributed by atoms with Crippen molar-refractivity contribution < 1.29 is 42.3 Å². The minimum absolute atomic E-state index is 0.0695. The minimum atomic E-state index is -4.70. The average molecular weight is 857 g/mol. The molecule has 8 rings (SSSR count). The number of aryl methyl sites for hydroxylation is 1. The van der Waals surface area contributed by atoms with Gasteiger partial charge in [-0.25, -0.2) is 9.97 Å². The number of carbonyl (C=O) groups is 5. The zero-order valence-electron chi connectivity index (χ0n) is 35.0. The molecule has 3 fully saturated rings. The maximum atomic E-state index is 13.5. The lowest BCUT2D eigenvalue weighted by molar-refractivity contribution is -0.141. The molecule has 328 valence electrons. The van der Waals surface area contributed by atoms with Crippen molar-refractivity contribution in [3.05, 3.63) is 82.4 Å². The Labute approximate surface area is 356 Å². The number of halogens is 3. The van der Waals surface area contributed by atoms with E-state index >= 15 is 0 Å². The quantitative estimate of drug-likeness (QED) is 0.124. The van der Waals surface area contributed by atoms with Crippen LogP contribution in [0.1, 0.15) is 126 Å². The minimum Gasteiger partial charge on any atom is -0.386 e. The molecule has 2 saturated heterocycles. The van der Waals surface area contributed by atoms with E-state index < -0.39 is 58.7 Å². The zero-order valence-corrected chi connectivity index (χ0v) is 35.0. The van der Waals surface area contributed by atoms with Crippen LogP contribution in [0, 0.1) is 11.8 Å². The van der Waals surface area contributed by atoms with Gasteiger partial charge in [0.2, 0.25) is 11.8 Å². The molecule has 0 spiro atoms. The van der Waals surface area contributed by atoms with Crippen molar-refractivity contribution in [1.29, 1.82) is 0 Å². The molecule has 4 N–H and O–H groups in total. The van der Waals surface area contributed by atoms with E-state index in [1.165, 1.54) is 6.07 Å². The van der Waals surface area contributed by atoms with Crippen LogP contribution in [0.5, 0.6) is 0 Å². The lowest BCUT2D eigenvalue weighted by Gasteiger charge is -2.36. The van der Waals surface area contributed by atoms with Crippen LogP contribution in [0.25, 0.3) is 11.0 Å². The van der Waals surface area contributed by atoms with Crippen molar-refractivity contribution >= 4 is 51.9 Å². The lowest BCUT2D eigenvalue weighted by atomic mass is 9.81. The summed E-state index contributed by atoms with van der Waals surface area (Å²) in [6.07, 6.45) is 2.57. The Balaban J connectivity index is 0.826. The first-order chi connectivity index (χ1) is 29.5. The summed E-state index contributed by atoms with van der Waals surface area (Å²) in [5, 5.41) is 19.4. The summed E-state index contributed by atoms with van der Waals surface area (Å²) in [6, 6.07) is 10.7. The molecule has 1 atom stereocenters. The summed E-state index contributed by atoms with van der Waals surface area (Å²) >= 11 is 0. The van der Waals surface area contributed by atoms with Crippen LogP contribution in [0.2, 0.25) is 0 Å². The number of aromatic nitrogens is 3. The van der Waals surface area contributed by atoms with Crippen molar-refractivity contribution in [2.24, 2.45) is 18.9 Å². The molecule has 0 radical (unpaired) electrons. The normalized spacial score (nSPS) is 21.7. The molecule has 5 amide bonds. The smallest absolute Gasteiger partial charge is 0.386 e. The van der Waals surface area contributed by atoms with E-state index in [-0.39, 0.29) is 35.6 Å². The average Bonchev–Trinajstić information content (AvgIpc) is 3.69. The van der Waals surface area contributed by atoms with Gasteiger partial charge in [0, 0.05) is 49.4 Å². The molecule has 17 heteroatoms. The van der Waals surface area contributed by atoms with Gasteiger partial charge in [-0.2, -0.15) is 13.2 Å². The fraction of sp³-hybridized carbons (Fsp3) is 0.489. The second-order valence-corrected chi connectivity index (χ2v) is 17.7. The number of anilines is 2. The van der Waals surface area contributed by atoms with Gasteiger partial charge in [-0.15, -0.1) is 0 Å². The van der Waals surface area contributed by atoms with Crippen LogP contribution < -0.4 is 16.0 Å². The molecule has 4 aromatic rings. The Morgan fingerprint density at radius 2 is 1.61 bits per heavy atom. The molecule has 1 unspecified atom stereocenters. The van der Waals surface area contributed by atoms with E-state index in [4.69, 9.17) is 4.98 Å². The summed E-state index contributed by atoms with van der Waals surface area (Å²) in [5.74, 6) is -0.681. The predicted molar refractivity (Wildman–Crippen MR) is 223 cm³/mol. The van der Waals surface area contributed by atoms with Gasteiger partial charge in [0.25, 0.3) is 17.7 Å². The maximum Gasteiger partial charge on any atom is 0.433 e. The summed E-state index contributed by atoms with van der Waals surface area (Å²) in [6.45, 7) is 6.84. The molecule has 3 aliphatic heterocycles. The highest BCUT2D eigenvalue weighted by molar-refractivity contribution is 6.25. The number of imidazole rings is 1. The topological polar surface area (TPSA) is 179 Å². The van der Waals surface area contributed by atoms with Crippen molar-refractivity contribution in [3.63, 3.8) is 0 Å². The molecule has 62 heavy (non-hydrogen) atoms. The van der Waals surface area contributed by atoms with Gasteiger partial charge in [0.1, 0.15) is 23.3 Å². The number of amides is 5. The Hall–Kier alpha value is -5.68. The summed E-state index contributed by atoms with van der Waals surface area (Å²) in [7, 11) is 1.92. The van der Waals surface area contributed by atoms with E-state index in [1.807, 2.05) is 11.6 Å². The Kier molecular flexibility index (Phi) is 11.7. The molecule has 2 aromatic carbocycles. The molecule has 0 bridgehead atoms. The van der Waals surface area contributed by atoms with Gasteiger partial charge < -0.3 is 25.2 Å². The number of nitrogens with zero attached hydrogens (tertiary/aromatic N) is 5. The molecule has 1 saturated carbocycles. The van der Waals surface area contributed by atoms with Crippen LogP contribution in [0.3, 0.4) is 0 Å². The number of fused-ring (bicyclic) bond motifs is 2. The number of carbonyl (C=O) groups excluding carboxylic acids is 5. The summed E-state index contributed by atoms with van der Waals surface area (Å²) < 4.78 is 41.9. The number of rotatable bonds is 11. The van der Waals surface area contributed by atoms with E-state index in [9.17, 15) is 42.3 Å².